The van der Waals surface area contributed by atoms with Gasteiger partial charge in [-0.2, -0.15) is 0 Å². The summed E-state index contributed by atoms with van der Waals surface area (Å²) in [6.07, 6.45) is 0.353. The molecule has 0 aliphatic carbocycles. The van der Waals surface area contributed by atoms with E-state index in [1.165, 1.54) is 17.0 Å². The minimum absolute atomic E-state index is 0.0549. The number of nitrogens with one attached hydrogen (secondary N) is 1. The number of hydrogen-bond acceptors (Lipinski definition) is 4. The van der Waals surface area contributed by atoms with Gasteiger partial charge in [0.25, 0.3) is 10.0 Å². The molecule has 3 rings (SSSR count). The van der Waals surface area contributed by atoms with E-state index in [0.29, 0.717) is 22.7 Å². The second-order valence-corrected chi connectivity index (χ2v) is 12.7. The van der Waals surface area contributed by atoms with Crippen LogP contribution in [0, 0.1) is 6.92 Å². The molecule has 2 amide bonds. The summed E-state index contributed by atoms with van der Waals surface area (Å²) in [5.74, 6) is -0.793. The van der Waals surface area contributed by atoms with E-state index in [1.807, 2.05) is 58.0 Å². The molecule has 1 atom stereocenters. The van der Waals surface area contributed by atoms with Gasteiger partial charge in [-0.15, -0.1) is 0 Å². The summed E-state index contributed by atoms with van der Waals surface area (Å²) in [7, 11) is -4.13. The Kier molecular flexibility index (Phi) is 9.80. The molecule has 0 heterocycles. The van der Waals surface area contributed by atoms with Crippen molar-refractivity contribution in [1.82, 2.24) is 10.2 Å². The lowest BCUT2D eigenvalue weighted by molar-refractivity contribution is -0.141. The van der Waals surface area contributed by atoms with Crippen molar-refractivity contribution in [2.24, 2.45) is 0 Å². The molecule has 0 aliphatic rings. The van der Waals surface area contributed by atoms with Gasteiger partial charge in [0.05, 0.1) is 10.6 Å². The number of aryl methyl sites for hydroxylation is 1. The fourth-order valence-corrected chi connectivity index (χ4v) is 6.01. The fraction of sp³-hybridized carbons (Fsp3) is 0.333. The fourth-order valence-electron chi connectivity index (χ4n) is 4.28. The molecule has 1 N–H and O–H groups in total. The van der Waals surface area contributed by atoms with Crippen molar-refractivity contribution >= 4 is 39.1 Å². The lowest BCUT2D eigenvalue weighted by atomic mass is 10.1. The van der Waals surface area contributed by atoms with Crippen LogP contribution in [-0.2, 0) is 26.2 Å². The Bertz CT molecular complexity index is 1390. The van der Waals surface area contributed by atoms with Crippen molar-refractivity contribution < 1.29 is 18.0 Å². The van der Waals surface area contributed by atoms with Gasteiger partial charge in [-0.25, -0.2) is 8.42 Å². The van der Waals surface area contributed by atoms with E-state index >= 15 is 0 Å². The van der Waals surface area contributed by atoms with Gasteiger partial charge in [0.1, 0.15) is 12.6 Å². The van der Waals surface area contributed by atoms with Gasteiger partial charge >= 0.3 is 0 Å². The number of carbonyl (C=O) groups is 2. The molecule has 0 saturated heterocycles. The van der Waals surface area contributed by atoms with E-state index in [2.05, 4.69) is 5.32 Å². The number of benzene rings is 3. The van der Waals surface area contributed by atoms with Crippen molar-refractivity contribution in [3.05, 3.63) is 95.0 Å². The molecule has 0 radical (unpaired) electrons. The molecule has 0 spiro atoms. The highest BCUT2D eigenvalue weighted by Gasteiger charge is 2.35. The maximum atomic E-state index is 14.1. The highest BCUT2D eigenvalue weighted by atomic mass is 35.5. The first kappa shape index (κ1) is 30.2. The molecule has 3 aromatic rings. The molecular weight excluding hydrogens is 534 g/mol. The van der Waals surface area contributed by atoms with Crippen molar-refractivity contribution in [1.29, 1.82) is 0 Å². The lowest BCUT2D eigenvalue weighted by Gasteiger charge is -2.35. The zero-order valence-corrected chi connectivity index (χ0v) is 24.6. The van der Waals surface area contributed by atoms with Gasteiger partial charge in [0.2, 0.25) is 11.8 Å². The van der Waals surface area contributed by atoms with Gasteiger partial charge in [0, 0.05) is 17.1 Å². The molecule has 0 fully saturated rings. The Morgan fingerprint density at radius 3 is 2.08 bits per heavy atom. The summed E-state index contributed by atoms with van der Waals surface area (Å²) in [5, 5.41) is 3.42. The van der Waals surface area contributed by atoms with Crippen LogP contribution in [0.2, 0.25) is 5.02 Å². The monoisotopic (exact) mass is 569 g/mol. The minimum Gasteiger partial charge on any atom is -0.350 e. The molecule has 0 unspecified atom stereocenters. The summed E-state index contributed by atoms with van der Waals surface area (Å²) in [6.45, 7) is 8.85. The minimum atomic E-state index is -4.13. The third-order valence-electron chi connectivity index (χ3n) is 6.12. The number of anilines is 1. The number of halogens is 1. The Labute approximate surface area is 236 Å². The molecule has 0 aromatic heterocycles. The number of hydrogen-bond donors (Lipinski definition) is 1. The zero-order valence-electron chi connectivity index (χ0n) is 23.0. The largest absolute Gasteiger partial charge is 0.350 e. The number of rotatable bonds is 10. The normalized spacial score (nSPS) is 12.5. The SMILES string of the molecule is CC[C@@H](C(=O)NC(C)(C)C)N(Cc1ccccc1)C(=O)CN(c1ccc(Cl)cc1C)S(=O)(=O)c1ccccc1. The van der Waals surface area contributed by atoms with E-state index in [0.717, 1.165) is 9.87 Å². The summed E-state index contributed by atoms with van der Waals surface area (Å²) in [6, 6.07) is 21.3. The molecule has 208 valence electrons. The topological polar surface area (TPSA) is 86.8 Å². The van der Waals surface area contributed by atoms with Gasteiger partial charge < -0.3 is 10.2 Å². The molecule has 0 saturated carbocycles. The highest BCUT2D eigenvalue weighted by molar-refractivity contribution is 7.92. The van der Waals surface area contributed by atoms with Crippen LogP contribution in [0.4, 0.5) is 5.69 Å². The number of carbonyl (C=O) groups excluding carboxylic acids is 2. The summed E-state index contributed by atoms with van der Waals surface area (Å²) in [5.41, 5.74) is 1.26. The van der Waals surface area contributed by atoms with Crippen LogP contribution < -0.4 is 9.62 Å². The molecule has 7 nitrogen and oxygen atoms in total. The Morgan fingerprint density at radius 2 is 1.54 bits per heavy atom. The van der Waals surface area contributed by atoms with Crippen molar-refractivity contribution in [2.75, 3.05) is 10.8 Å². The van der Waals surface area contributed by atoms with Crippen LogP contribution in [0.5, 0.6) is 0 Å². The number of amides is 2. The number of sulfonamides is 1. The third kappa shape index (κ3) is 7.83. The lowest BCUT2D eigenvalue weighted by Crippen LogP contribution is -2.55. The van der Waals surface area contributed by atoms with Crippen molar-refractivity contribution in [3.8, 4) is 0 Å². The van der Waals surface area contributed by atoms with Crippen molar-refractivity contribution in [3.63, 3.8) is 0 Å². The van der Waals surface area contributed by atoms with Gasteiger partial charge in [-0.1, -0.05) is 67.1 Å². The first-order valence-electron chi connectivity index (χ1n) is 12.8. The summed E-state index contributed by atoms with van der Waals surface area (Å²) >= 11 is 6.16. The third-order valence-corrected chi connectivity index (χ3v) is 8.13. The molecule has 39 heavy (non-hydrogen) atoms. The maximum absolute atomic E-state index is 14.1. The molecule has 0 bridgehead atoms. The van der Waals surface area contributed by atoms with E-state index in [1.54, 1.807) is 43.3 Å². The Hall–Kier alpha value is -3.36. The van der Waals surface area contributed by atoms with Crippen molar-refractivity contribution in [2.45, 2.75) is 64.1 Å². The van der Waals surface area contributed by atoms with Crippen LogP contribution >= 0.6 is 11.6 Å². The van der Waals surface area contributed by atoms with Gasteiger partial charge in [0.15, 0.2) is 0 Å². The van der Waals surface area contributed by atoms with Gasteiger partial charge in [-0.3, -0.25) is 13.9 Å². The molecular formula is C30H36ClN3O4S. The quantitative estimate of drug-likeness (QED) is 0.346. The zero-order chi connectivity index (χ0) is 28.8. The second kappa shape index (κ2) is 12.7. The smallest absolute Gasteiger partial charge is 0.264 e. The number of nitrogens with zero attached hydrogens (tertiary/aromatic N) is 2. The second-order valence-electron chi connectivity index (χ2n) is 10.4. The van der Waals surface area contributed by atoms with Gasteiger partial charge in [-0.05, 0) is 75.6 Å². The Balaban J connectivity index is 2.08. The first-order valence-corrected chi connectivity index (χ1v) is 14.6. The average molecular weight is 570 g/mol. The summed E-state index contributed by atoms with van der Waals surface area (Å²) < 4.78 is 28.9. The maximum Gasteiger partial charge on any atom is 0.264 e. The van der Waals surface area contributed by atoms with Crippen LogP contribution in [0.3, 0.4) is 0 Å². The predicted molar refractivity (Wildman–Crippen MR) is 156 cm³/mol. The average Bonchev–Trinajstić information content (AvgIpc) is 2.87. The predicted octanol–water partition coefficient (Wildman–Crippen LogP) is 5.57. The standard InChI is InChI=1S/C30H36ClN3O4S/c1-6-26(29(36)32-30(3,4)5)33(20-23-13-9-7-10-14-23)28(35)21-34(27-18-17-24(31)19-22(27)2)39(37,38)25-15-11-8-12-16-25/h7-19,26H,6,20-21H2,1-5H3,(H,32,36)/t26-/m0/s1. The van der Waals surface area contributed by atoms with E-state index in [9.17, 15) is 18.0 Å². The first-order chi connectivity index (χ1) is 18.3. The molecule has 3 aromatic carbocycles. The van der Waals surface area contributed by atoms with E-state index in [4.69, 9.17) is 11.6 Å². The summed E-state index contributed by atoms with van der Waals surface area (Å²) in [4.78, 5) is 28.9. The van der Waals surface area contributed by atoms with Crippen LogP contribution in [-0.4, -0.2) is 43.3 Å². The highest BCUT2D eigenvalue weighted by Crippen LogP contribution is 2.29. The van der Waals surface area contributed by atoms with Crippen LogP contribution in [0.1, 0.15) is 45.2 Å². The van der Waals surface area contributed by atoms with E-state index in [-0.39, 0.29) is 17.3 Å². The molecule has 9 heteroatoms. The Morgan fingerprint density at radius 1 is 0.949 bits per heavy atom. The van der Waals surface area contributed by atoms with Crippen LogP contribution in [0.15, 0.2) is 83.8 Å². The van der Waals surface area contributed by atoms with Crippen LogP contribution in [0.25, 0.3) is 0 Å². The molecule has 0 aliphatic heterocycles. The van der Waals surface area contributed by atoms with E-state index < -0.39 is 34.1 Å².